The second kappa shape index (κ2) is 10.7. The molecule has 2 saturated carbocycles. The van der Waals surface area contributed by atoms with Crippen molar-refractivity contribution in [2.24, 2.45) is 11.3 Å². The summed E-state index contributed by atoms with van der Waals surface area (Å²) in [6.45, 7) is 5.21. The molecule has 190 valence electrons. The van der Waals surface area contributed by atoms with E-state index in [4.69, 9.17) is 9.47 Å². The quantitative estimate of drug-likeness (QED) is 0.284. The van der Waals surface area contributed by atoms with Gasteiger partial charge in [-0.05, 0) is 108 Å². The fraction of sp³-hybridized carbons (Fsp3) is 0.455. The minimum absolute atomic E-state index is 0.222. The third kappa shape index (κ3) is 5.61. The maximum atomic E-state index is 15.0. The molecular weight excluding hydrogens is 447 g/mol. The van der Waals surface area contributed by atoms with E-state index in [0.29, 0.717) is 23.8 Å². The van der Waals surface area contributed by atoms with Crippen LogP contribution in [0.15, 0.2) is 60.7 Å². The minimum atomic E-state index is -0.222. The van der Waals surface area contributed by atoms with E-state index in [1.807, 2.05) is 12.1 Å². The highest BCUT2D eigenvalue weighted by molar-refractivity contribution is 5.70. The molecule has 3 heteroatoms. The van der Waals surface area contributed by atoms with E-state index >= 15 is 0 Å². The standard InChI is InChI=1S/C33H39FO2/c1-4-29(24-10-11-24)25-9-7-8-23(18-25)22-36-28-12-14-30(31-20-27(35-3)13-15-32(31)34)26(19-28)21-33(2)16-5-6-17-33/h7-9,12-15,18-20,24,29H,4-6,10-11,16-17,21-22H2,1-3H3. The van der Waals surface area contributed by atoms with Gasteiger partial charge >= 0.3 is 0 Å². The fourth-order valence-electron chi connectivity index (χ4n) is 6.19. The second-order valence-corrected chi connectivity index (χ2v) is 11.2. The van der Waals surface area contributed by atoms with E-state index in [-0.39, 0.29) is 11.2 Å². The molecule has 0 N–H and O–H groups in total. The Kier molecular flexibility index (Phi) is 7.37. The van der Waals surface area contributed by atoms with Gasteiger partial charge in [0.05, 0.1) is 7.11 Å². The largest absolute Gasteiger partial charge is 0.497 e. The summed E-state index contributed by atoms with van der Waals surface area (Å²) in [6.07, 6.45) is 9.80. The van der Waals surface area contributed by atoms with Gasteiger partial charge in [-0.15, -0.1) is 0 Å². The van der Waals surface area contributed by atoms with Crippen molar-refractivity contribution in [3.8, 4) is 22.6 Å². The molecule has 0 radical (unpaired) electrons. The molecule has 1 atom stereocenters. The van der Waals surface area contributed by atoms with E-state index < -0.39 is 0 Å². The van der Waals surface area contributed by atoms with Gasteiger partial charge in [0.25, 0.3) is 0 Å². The summed E-state index contributed by atoms with van der Waals surface area (Å²) in [7, 11) is 1.62. The number of hydrogen-bond donors (Lipinski definition) is 0. The van der Waals surface area contributed by atoms with Gasteiger partial charge in [0.15, 0.2) is 0 Å². The number of hydrogen-bond acceptors (Lipinski definition) is 2. The van der Waals surface area contributed by atoms with Gasteiger partial charge < -0.3 is 9.47 Å². The number of benzene rings is 3. The SMILES string of the molecule is CCC(c1cccc(COc2ccc(-c3cc(OC)ccc3F)c(CC3(C)CCCC3)c2)c1)C1CC1. The van der Waals surface area contributed by atoms with Crippen LogP contribution in [0.3, 0.4) is 0 Å². The van der Waals surface area contributed by atoms with Crippen molar-refractivity contribution in [3.63, 3.8) is 0 Å². The first-order valence-corrected chi connectivity index (χ1v) is 13.7. The molecule has 2 nitrogen and oxygen atoms in total. The lowest BCUT2D eigenvalue weighted by Crippen LogP contribution is -2.15. The van der Waals surface area contributed by atoms with Gasteiger partial charge in [-0.3, -0.25) is 0 Å². The van der Waals surface area contributed by atoms with Crippen molar-refractivity contribution in [2.45, 2.75) is 77.7 Å². The summed E-state index contributed by atoms with van der Waals surface area (Å²) in [5, 5.41) is 0. The zero-order valence-electron chi connectivity index (χ0n) is 22.0. The maximum absolute atomic E-state index is 15.0. The molecule has 2 fully saturated rings. The van der Waals surface area contributed by atoms with Crippen LogP contribution in [-0.2, 0) is 13.0 Å². The highest BCUT2D eigenvalue weighted by Gasteiger charge is 2.31. The van der Waals surface area contributed by atoms with Gasteiger partial charge in [0, 0.05) is 5.56 Å². The van der Waals surface area contributed by atoms with Crippen LogP contribution >= 0.6 is 0 Å². The minimum Gasteiger partial charge on any atom is -0.497 e. The third-order valence-corrected chi connectivity index (χ3v) is 8.38. The van der Waals surface area contributed by atoms with Crippen molar-refractivity contribution in [2.75, 3.05) is 7.11 Å². The molecule has 2 aliphatic rings. The maximum Gasteiger partial charge on any atom is 0.131 e. The average molecular weight is 487 g/mol. The highest BCUT2D eigenvalue weighted by atomic mass is 19.1. The lowest BCUT2D eigenvalue weighted by Gasteiger charge is -2.25. The van der Waals surface area contributed by atoms with Crippen molar-refractivity contribution >= 4 is 0 Å². The van der Waals surface area contributed by atoms with Crippen LogP contribution in [0, 0.1) is 17.2 Å². The van der Waals surface area contributed by atoms with E-state index in [1.165, 1.54) is 62.1 Å². The molecular formula is C33H39FO2. The monoisotopic (exact) mass is 486 g/mol. The Labute approximate surface area is 215 Å². The first kappa shape index (κ1) is 24.9. The Morgan fingerprint density at radius 2 is 1.72 bits per heavy atom. The zero-order valence-corrected chi connectivity index (χ0v) is 22.0. The van der Waals surface area contributed by atoms with Crippen molar-refractivity contribution in [1.82, 2.24) is 0 Å². The van der Waals surface area contributed by atoms with Crippen LogP contribution in [0.25, 0.3) is 11.1 Å². The van der Waals surface area contributed by atoms with Gasteiger partial charge in [-0.2, -0.15) is 0 Å². The summed E-state index contributed by atoms with van der Waals surface area (Å²) in [4.78, 5) is 0. The van der Waals surface area contributed by atoms with E-state index in [2.05, 4.69) is 44.2 Å². The topological polar surface area (TPSA) is 18.5 Å². The van der Waals surface area contributed by atoms with Gasteiger partial charge in [-0.1, -0.05) is 57.0 Å². The van der Waals surface area contributed by atoms with Gasteiger partial charge in [0.1, 0.15) is 23.9 Å². The number of ether oxygens (including phenoxy) is 2. The summed E-state index contributed by atoms with van der Waals surface area (Å²) in [5.41, 5.74) is 5.57. The molecule has 0 spiro atoms. The van der Waals surface area contributed by atoms with E-state index in [9.17, 15) is 4.39 Å². The lowest BCUT2D eigenvalue weighted by atomic mass is 9.80. The summed E-state index contributed by atoms with van der Waals surface area (Å²) in [5.74, 6) is 2.82. The molecule has 3 aromatic carbocycles. The molecule has 0 aromatic heterocycles. The first-order chi connectivity index (χ1) is 17.5. The first-order valence-electron chi connectivity index (χ1n) is 13.7. The fourth-order valence-corrected chi connectivity index (χ4v) is 6.19. The van der Waals surface area contributed by atoms with Crippen molar-refractivity contribution in [1.29, 1.82) is 0 Å². The lowest BCUT2D eigenvalue weighted by molar-refractivity contribution is 0.303. The Morgan fingerprint density at radius 3 is 2.44 bits per heavy atom. The average Bonchev–Trinajstić information content (AvgIpc) is 3.63. The normalized spacial score (nSPS) is 17.7. The van der Waals surface area contributed by atoms with Crippen LogP contribution in [-0.4, -0.2) is 7.11 Å². The third-order valence-electron chi connectivity index (χ3n) is 8.38. The molecule has 1 unspecified atom stereocenters. The molecule has 0 bridgehead atoms. The van der Waals surface area contributed by atoms with Crippen LogP contribution in [0.4, 0.5) is 4.39 Å². The zero-order chi connectivity index (χ0) is 25.1. The molecule has 0 amide bonds. The summed E-state index contributed by atoms with van der Waals surface area (Å²) >= 11 is 0. The van der Waals surface area contributed by atoms with Crippen molar-refractivity contribution in [3.05, 3.63) is 83.2 Å². The van der Waals surface area contributed by atoms with Crippen molar-refractivity contribution < 1.29 is 13.9 Å². The predicted octanol–water partition coefficient (Wildman–Crippen LogP) is 9.11. The number of rotatable bonds is 10. The number of methoxy groups -OCH3 is 1. The molecule has 0 aliphatic heterocycles. The molecule has 0 heterocycles. The van der Waals surface area contributed by atoms with Gasteiger partial charge in [-0.25, -0.2) is 4.39 Å². The Balaban J connectivity index is 1.41. The second-order valence-electron chi connectivity index (χ2n) is 11.2. The molecule has 36 heavy (non-hydrogen) atoms. The predicted molar refractivity (Wildman–Crippen MR) is 145 cm³/mol. The smallest absolute Gasteiger partial charge is 0.131 e. The molecule has 5 rings (SSSR count). The van der Waals surface area contributed by atoms with Crippen LogP contribution in [0.5, 0.6) is 11.5 Å². The molecule has 3 aromatic rings. The van der Waals surface area contributed by atoms with Crippen LogP contribution in [0.2, 0.25) is 0 Å². The number of halogens is 1. The molecule has 2 aliphatic carbocycles. The molecule has 0 saturated heterocycles. The van der Waals surface area contributed by atoms with Crippen LogP contribution < -0.4 is 9.47 Å². The Bertz CT molecular complexity index is 1190. The van der Waals surface area contributed by atoms with Crippen LogP contribution in [0.1, 0.15) is 81.4 Å². The van der Waals surface area contributed by atoms with Gasteiger partial charge in [0.2, 0.25) is 0 Å². The Morgan fingerprint density at radius 1 is 0.944 bits per heavy atom. The Hall–Kier alpha value is -2.81. The summed E-state index contributed by atoms with van der Waals surface area (Å²) in [6, 6.07) is 20.0. The van der Waals surface area contributed by atoms with E-state index in [0.717, 1.165) is 29.2 Å². The highest BCUT2D eigenvalue weighted by Crippen LogP contribution is 2.45. The van der Waals surface area contributed by atoms with E-state index in [1.54, 1.807) is 19.2 Å². The summed E-state index contributed by atoms with van der Waals surface area (Å²) < 4.78 is 26.7.